The van der Waals surface area contributed by atoms with Crippen LogP contribution in [0.25, 0.3) is 22.9 Å². The Labute approximate surface area is 165 Å². The Morgan fingerprint density at radius 2 is 1.76 bits per heavy atom. The van der Waals surface area contributed by atoms with Crippen molar-refractivity contribution in [2.45, 2.75) is 25.4 Å². The molecule has 0 saturated carbocycles. The van der Waals surface area contributed by atoms with Crippen LogP contribution in [0.5, 0.6) is 5.75 Å². The van der Waals surface area contributed by atoms with Gasteiger partial charge in [-0.1, -0.05) is 6.07 Å². The summed E-state index contributed by atoms with van der Waals surface area (Å²) in [4.78, 5) is 0. The highest BCUT2D eigenvalue weighted by molar-refractivity contribution is 5.61. The van der Waals surface area contributed by atoms with Crippen molar-refractivity contribution in [2.24, 2.45) is 5.92 Å². The molecule has 1 aromatic heterocycles. The number of ether oxygens (including phenoxy) is 1. The topological polar surface area (TPSA) is 68.4 Å². The van der Waals surface area contributed by atoms with E-state index in [0.29, 0.717) is 5.56 Å². The summed E-state index contributed by atoms with van der Waals surface area (Å²) in [5, 5.41) is 17.3. The number of hydrogen-bond acceptors (Lipinski definition) is 5. The second-order valence-electron chi connectivity index (χ2n) is 7.10. The second kappa shape index (κ2) is 7.51. The van der Waals surface area contributed by atoms with Crippen molar-refractivity contribution in [1.29, 1.82) is 0 Å². The minimum atomic E-state index is -4.56. The molecular formula is C21H19F3N2O3. The second-order valence-corrected chi connectivity index (χ2v) is 7.10. The maximum absolute atomic E-state index is 13.3. The molecule has 0 bridgehead atoms. The number of nitrogens with zero attached hydrogens (tertiary/aromatic N) is 2. The van der Waals surface area contributed by atoms with E-state index in [4.69, 9.17) is 9.15 Å². The van der Waals surface area contributed by atoms with Crippen LogP contribution in [0.4, 0.5) is 13.2 Å². The highest BCUT2D eigenvalue weighted by atomic mass is 19.4. The summed E-state index contributed by atoms with van der Waals surface area (Å²) in [5.74, 6) is 0.197. The Morgan fingerprint density at radius 1 is 1.07 bits per heavy atom. The molecule has 1 aliphatic carbocycles. The smallest absolute Gasteiger partial charge is 0.419 e. The average molecular weight is 404 g/mol. The molecule has 5 nitrogen and oxygen atoms in total. The van der Waals surface area contributed by atoms with Crippen molar-refractivity contribution >= 4 is 0 Å². The van der Waals surface area contributed by atoms with Crippen LogP contribution in [0.15, 0.2) is 40.8 Å². The van der Waals surface area contributed by atoms with E-state index in [1.807, 2.05) is 18.2 Å². The van der Waals surface area contributed by atoms with Gasteiger partial charge in [-0.15, -0.1) is 10.2 Å². The van der Waals surface area contributed by atoms with Gasteiger partial charge >= 0.3 is 6.18 Å². The van der Waals surface area contributed by atoms with Gasteiger partial charge in [-0.3, -0.25) is 0 Å². The third kappa shape index (κ3) is 3.85. The van der Waals surface area contributed by atoms with Crippen LogP contribution in [0.1, 0.15) is 23.1 Å². The molecule has 1 heterocycles. The third-order valence-corrected chi connectivity index (χ3v) is 5.22. The minimum Gasteiger partial charge on any atom is -0.496 e. The number of halogens is 3. The van der Waals surface area contributed by atoms with Gasteiger partial charge in [-0.2, -0.15) is 13.2 Å². The number of aromatic nitrogens is 2. The fourth-order valence-corrected chi connectivity index (χ4v) is 3.64. The van der Waals surface area contributed by atoms with Crippen LogP contribution >= 0.6 is 0 Å². The van der Waals surface area contributed by atoms with Crippen molar-refractivity contribution in [3.63, 3.8) is 0 Å². The zero-order valence-electron chi connectivity index (χ0n) is 15.7. The molecule has 0 spiro atoms. The lowest BCUT2D eigenvalue weighted by molar-refractivity contribution is -0.138. The number of aliphatic hydroxyl groups excluding tert-OH is 1. The van der Waals surface area contributed by atoms with Gasteiger partial charge in [0.15, 0.2) is 0 Å². The van der Waals surface area contributed by atoms with Crippen LogP contribution in [-0.4, -0.2) is 29.0 Å². The van der Waals surface area contributed by atoms with Crippen molar-refractivity contribution < 1.29 is 27.4 Å². The normalized spacial score (nSPS) is 16.5. The van der Waals surface area contributed by atoms with E-state index < -0.39 is 11.7 Å². The molecule has 2 aromatic carbocycles. The Morgan fingerprint density at radius 3 is 2.41 bits per heavy atom. The van der Waals surface area contributed by atoms with E-state index in [9.17, 15) is 18.3 Å². The molecule has 4 rings (SSSR count). The molecule has 1 N–H and O–H groups in total. The summed E-state index contributed by atoms with van der Waals surface area (Å²) in [6, 6.07) is 9.43. The number of aliphatic hydroxyl groups is 1. The highest BCUT2D eigenvalue weighted by Gasteiger charge is 2.35. The molecule has 29 heavy (non-hydrogen) atoms. The maximum Gasteiger partial charge on any atom is 0.419 e. The number of hydrogen-bond donors (Lipinski definition) is 1. The quantitative estimate of drug-likeness (QED) is 0.692. The molecule has 0 amide bonds. The highest BCUT2D eigenvalue weighted by Crippen LogP contribution is 2.39. The van der Waals surface area contributed by atoms with Gasteiger partial charge in [0.1, 0.15) is 5.75 Å². The van der Waals surface area contributed by atoms with Gasteiger partial charge in [0.25, 0.3) is 0 Å². The van der Waals surface area contributed by atoms with E-state index in [-0.39, 0.29) is 35.6 Å². The summed E-state index contributed by atoms with van der Waals surface area (Å²) in [6.45, 7) is 0.146. The molecule has 1 aliphatic rings. The number of methoxy groups -OCH3 is 1. The number of rotatable bonds is 4. The standard InChI is InChI=1S/C21H19F3N2O3/c1-28-18-7-6-15(10-17(18)21(22,23)24)20-26-25-19(29-20)14-5-4-13-3-2-12(11-27)8-16(13)9-14/h4-7,9-10,12,27H,2-3,8,11H2,1H3. The monoisotopic (exact) mass is 404 g/mol. The summed E-state index contributed by atoms with van der Waals surface area (Å²) in [5.41, 5.74) is 2.31. The largest absolute Gasteiger partial charge is 0.496 e. The molecule has 152 valence electrons. The van der Waals surface area contributed by atoms with Crippen molar-refractivity contribution in [3.05, 3.63) is 53.1 Å². The first-order valence-electron chi connectivity index (χ1n) is 9.21. The Hall–Kier alpha value is -2.87. The summed E-state index contributed by atoms with van der Waals surface area (Å²) in [7, 11) is 1.19. The van der Waals surface area contributed by atoms with Crippen LogP contribution < -0.4 is 4.74 Å². The van der Waals surface area contributed by atoms with Crippen molar-refractivity contribution in [3.8, 4) is 28.7 Å². The first kappa shape index (κ1) is 19.4. The molecule has 8 heteroatoms. The zero-order chi connectivity index (χ0) is 20.6. The third-order valence-electron chi connectivity index (χ3n) is 5.22. The predicted molar refractivity (Wildman–Crippen MR) is 99.3 cm³/mol. The summed E-state index contributed by atoms with van der Waals surface area (Å²) >= 11 is 0. The maximum atomic E-state index is 13.3. The van der Waals surface area contributed by atoms with E-state index in [2.05, 4.69) is 10.2 Å². The van der Waals surface area contributed by atoms with Gasteiger partial charge in [-0.25, -0.2) is 0 Å². The molecular weight excluding hydrogens is 385 g/mol. The van der Waals surface area contributed by atoms with E-state index >= 15 is 0 Å². The zero-order valence-corrected chi connectivity index (χ0v) is 15.7. The van der Waals surface area contributed by atoms with E-state index in [1.54, 1.807) is 0 Å². The van der Waals surface area contributed by atoms with Gasteiger partial charge in [-0.05, 0) is 66.6 Å². The average Bonchev–Trinajstić information content (AvgIpc) is 3.22. The Bertz CT molecular complexity index is 1030. The molecule has 0 fully saturated rings. The number of fused-ring (bicyclic) bond motifs is 1. The summed E-state index contributed by atoms with van der Waals surface area (Å²) in [6.07, 6.45) is -1.94. The minimum absolute atomic E-state index is 0.000825. The summed E-state index contributed by atoms with van der Waals surface area (Å²) < 4.78 is 50.2. The molecule has 0 radical (unpaired) electrons. The number of aryl methyl sites for hydroxylation is 1. The number of alkyl halides is 3. The lowest BCUT2D eigenvalue weighted by Crippen LogP contribution is -2.17. The Balaban J connectivity index is 1.66. The van der Waals surface area contributed by atoms with Crippen molar-refractivity contribution in [1.82, 2.24) is 10.2 Å². The number of benzene rings is 2. The fraction of sp³-hybridized carbons (Fsp3) is 0.333. The van der Waals surface area contributed by atoms with E-state index in [0.717, 1.165) is 30.9 Å². The molecule has 0 saturated heterocycles. The lowest BCUT2D eigenvalue weighted by atomic mass is 9.83. The Kier molecular flexibility index (Phi) is 5.04. The lowest BCUT2D eigenvalue weighted by Gasteiger charge is -2.23. The van der Waals surface area contributed by atoms with Crippen LogP contribution in [0.3, 0.4) is 0 Å². The van der Waals surface area contributed by atoms with E-state index in [1.165, 1.54) is 24.8 Å². The molecule has 0 aliphatic heterocycles. The molecule has 1 unspecified atom stereocenters. The fourth-order valence-electron chi connectivity index (χ4n) is 3.64. The molecule has 1 atom stereocenters. The van der Waals surface area contributed by atoms with Crippen LogP contribution in [-0.2, 0) is 19.0 Å². The van der Waals surface area contributed by atoms with Gasteiger partial charge in [0.2, 0.25) is 11.8 Å². The first-order valence-corrected chi connectivity index (χ1v) is 9.21. The molecule has 3 aromatic rings. The van der Waals surface area contributed by atoms with Crippen LogP contribution in [0, 0.1) is 5.92 Å². The predicted octanol–water partition coefficient (Wildman–Crippen LogP) is 4.53. The SMILES string of the molecule is COc1ccc(-c2nnc(-c3ccc4c(c3)CC(CO)CC4)o2)cc1C(F)(F)F. The van der Waals surface area contributed by atoms with Gasteiger partial charge in [0.05, 0.1) is 12.7 Å². The van der Waals surface area contributed by atoms with Gasteiger partial charge < -0.3 is 14.3 Å². The van der Waals surface area contributed by atoms with Crippen LogP contribution in [0.2, 0.25) is 0 Å². The van der Waals surface area contributed by atoms with Crippen molar-refractivity contribution in [2.75, 3.05) is 13.7 Å². The first-order chi connectivity index (χ1) is 13.9. The van der Waals surface area contributed by atoms with Gasteiger partial charge in [0, 0.05) is 17.7 Å².